The molecule has 0 aromatic heterocycles. The third kappa shape index (κ3) is 3.95. The van der Waals surface area contributed by atoms with E-state index in [0.29, 0.717) is 12.0 Å². The molecule has 19 heavy (non-hydrogen) atoms. The summed E-state index contributed by atoms with van der Waals surface area (Å²) in [4.78, 5) is 0. The molecule has 1 N–H and O–H groups in total. The standard InChI is InChI=1S/C15H20N2O2/c1-12(14-6-8-18-11-14)17-10-13-4-2-3-5-15(13)19-9-7-16/h2-5,12,14,17H,6,8-11H2,1H3. The summed E-state index contributed by atoms with van der Waals surface area (Å²) < 4.78 is 10.8. The normalized spacial score (nSPS) is 19.9. The van der Waals surface area contributed by atoms with Crippen molar-refractivity contribution in [2.24, 2.45) is 5.92 Å². The molecule has 102 valence electrons. The topological polar surface area (TPSA) is 54.3 Å². The zero-order valence-electron chi connectivity index (χ0n) is 11.3. The van der Waals surface area contributed by atoms with Crippen LogP contribution in [-0.2, 0) is 11.3 Å². The molecule has 2 atom stereocenters. The number of nitrogens with one attached hydrogen (secondary N) is 1. The highest BCUT2D eigenvalue weighted by Crippen LogP contribution is 2.20. The number of benzene rings is 1. The predicted octanol–water partition coefficient (Wildman–Crippen LogP) is 2.10. The molecule has 4 nitrogen and oxygen atoms in total. The number of hydrogen-bond donors (Lipinski definition) is 1. The Bertz CT molecular complexity index is 436. The minimum Gasteiger partial charge on any atom is -0.478 e. The first-order valence-electron chi connectivity index (χ1n) is 6.70. The highest BCUT2D eigenvalue weighted by atomic mass is 16.5. The van der Waals surface area contributed by atoms with Crippen molar-refractivity contribution in [1.29, 1.82) is 5.26 Å². The summed E-state index contributed by atoms with van der Waals surface area (Å²) >= 11 is 0. The number of nitrogens with zero attached hydrogens (tertiary/aromatic N) is 1. The van der Waals surface area contributed by atoms with Gasteiger partial charge in [-0.2, -0.15) is 5.26 Å². The number of hydrogen-bond acceptors (Lipinski definition) is 4. The Morgan fingerprint density at radius 3 is 3.11 bits per heavy atom. The van der Waals surface area contributed by atoms with Gasteiger partial charge in [-0.05, 0) is 25.3 Å². The van der Waals surface area contributed by atoms with E-state index < -0.39 is 0 Å². The molecule has 4 heteroatoms. The van der Waals surface area contributed by atoms with Crippen LogP contribution in [0.1, 0.15) is 18.9 Å². The van der Waals surface area contributed by atoms with Gasteiger partial charge in [0.15, 0.2) is 6.61 Å². The van der Waals surface area contributed by atoms with Crippen LogP contribution < -0.4 is 10.1 Å². The second kappa shape index (κ2) is 7.13. The molecule has 1 aliphatic heterocycles. The fraction of sp³-hybridized carbons (Fsp3) is 0.533. The molecule has 0 saturated carbocycles. The Morgan fingerprint density at radius 1 is 1.53 bits per heavy atom. The number of para-hydroxylation sites is 1. The van der Waals surface area contributed by atoms with E-state index in [1.807, 2.05) is 30.3 Å². The van der Waals surface area contributed by atoms with Crippen LogP contribution in [0, 0.1) is 17.2 Å². The van der Waals surface area contributed by atoms with Crippen molar-refractivity contribution in [3.63, 3.8) is 0 Å². The lowest BCUT2D eigenvalue weighted by Crippen LogP contribution is -2.33. The van der Waals surface area contributed by atoms with Crippen LogP contribution in [0.5, 0.6) is 5.75 Å². The van der Waals surface area contributed by atoms with Crippen molar-refractivity contribution in [2.45, 2.75) is 25.9 Å². The maximum absolute atomic E-state index is 8.58. The molecule has 0 bridgehead atoms. The van der Waals surface area contributed by atoms with E-state index >= 15 is 0 Å². The van der Waals surface area contributed by atoms with E-state index in [9.17, 15) is 0 Å². The van der Waals surface area contributed by atoms with Crippen molar-refractivity contribution < 1.29 is 9.47 Å². The first-order chi connectivity index (χ1) is 9.31. The zero-order chi connectivity index (χ0) is 13.5. The maximum Gasteiger partial charge on any atom is 0.174 e. The Labute approximate surface area is 114 Å². The van der Waals surface area contributed by atoms with Crippen molar-refractivity contribution in [1.82, 2.24) is 5.32 Å². The third-order valence-electron chi connectivity index (χ3n) is 3.55. The van der Waals surface area contributed by atoms with Crippen LogP contribution >= 0.6 is 0 Å². The van der Waals surface area contributed by atoms with Gasteiger partial charge < -0.3 is 14.8 Å². The second-order valence-electron chi connectivity index (χ2n) is 4.85. The smallest absolute Gasteiger partial charge is 0.174 e. The summed E-state index contributed by atoms with van der Waals surface area (Å²) in [6.07, 6.45) is 1.13. The third-order valence-corrected chi connectivity index (χ3v) is 3.55. The van der Waals surface area contributed by atoms with Crippen LogP contribution in [-0.4, -0.2) is 25.9 Å². The fourth-order valence-electron chi connectivity index (χ4n) is 2.29. The fourth-order valence-corrected chi connectivity index (χ4v) is 2.29. The quantitative estimate of drug-likeness (QED) is 0.851. The summed E-state index contributed by atoms with van der Waals surface area (Å²) in [7, 11) is 0. The number of ether oxygens (including phenoxy) is 2. The molecule has 0 radical (unpaired) electrons. The molecule has 1 fully saturated rings. The first kappa shape index (κ1) is 13.9. The van der Waals surface area contributed by atoms with E-state index in [1.54, 1.807) is 0 Å². The van der Waals surface area contributed by atoms with Crippen LogP contribution in [0.2, 0.25) is 0 Å². The first-order valence-corrected chi connectivity index (χ1v) is 6.70. The Morgan fingerprint density at radius 2 is 2.37 bits per heavy atom. The van der Waals surface area contributed by atoms with E-state index in [0.717, 1.165) is 37.5 Å². The van der Waals surface area contributed by atoms with Crippen molar-refractivity contribution in [3.05, 3.63) is 29.8 Å². The van der Waals surface area contributed by atoms with Gasteiger partial charge in [0, 0.05) is 24.8 Å². The molecule has 0 aliphatic carbocycles. The van der Waals surface area contributed by atoms with Crippen molar-refractivity contribution >= 4 is 0 Å². The van der Waals surface area contributed by atoms with Crippen molar-refractivity contribution in [2.75, 3.05) is 19.8 Å². The van der Waals surface area contributed by atoms with Crippen LogP contribution in [0.3, 0.4) is 0 Å². The molecule has 1 saturated heterocycles. The number of nitriles is 1. The summed E-state index contributed by atoms with van der Waals surface area (Å²) in [6.45, 7) is 4.75. The lowest BCUT2D eigenvalue weighted by molar-refractivity contribution is 0.178. The lowest BCUT2D eigenvalue weighted by Gasteiger charge is -2.20. The van der Waals surface area contributed by atoms with E-state index in [1.165, 1.54) is 0 Å². The van der Waals surface area contributed by atoms with Gasteiger partial charge in [0.2, 0.25) is 0 Å². The predicted molar refractivity (Wildman–Crippen MR) is 72.8 cm³/mol. The van der Waals surface area contributed by atoms with E-state index in [2.05, 4.69) is 12.2 Å². The Balaban J connectivity index is 1.89. The number of rotatable bonds is 6. The van der Waals surface area contributed by atoms with Crippen LogP contribution in [0.25, 0.3) is 0 Å². The lowest BCUT2D eigenvalue weighted by atomic mass is 10.0. The van der Waals surface area contributed by atoms with E-state index in [-0.39, 0.29) is 6.61 Å². The highest BCUT2D eigenvalue weighted by molar-refractivity contribution is 5.33. The van der Waals surface area contributed by atoms with Gasteiger partial charge in [-0.25, -0.2) is 0 Å². The summed E-state index contributed by atoms with van der Waals surface area (Å²) in [5, 5.41) is 12.1. The zero-order valence-corrected chi connectivity index (χ0v) is 11.3. The van der Waals surface area contributed by atoms with Gasteiger partial charge >= 0.3 is 0 Å². The SMILES string of the molecule is CC(NCc1ccccc1OCC#N)C1CCOC1. The van der Waals surface area contributed by atoms with Gasteiger partial charge in [0.1, 0.15) is 11.8 Å². The molecule has 1 aromatic carbocycles. The monoisotopic (exact) mass is 260 g/mol. The van der Waals surface area contributed by atoms with Crippen molar-refractivity contribution in [3.8, 4) is 11.8 Å². The minimum absolute atomic E-state index is 0.0863. The molecule has 2 unspecified atom stereocenters. The molecule has 0 amide bonds. The molecule has 1 heterocycles. The molecular formula is C15H20N2O2. The molecule has 2 rings (SSSR count). The summed E-state index contributed by atoms with van der Waals surface area (Å²) in [5.41, 5.74) is 1.09. The van der Waals surface area contributed by atoms with Gasteiger partial charge in [0.05, 0.1) is 6.61 Å². The van der Waals surface area contributed by atoms with Crippen LogP contribution in [0.4, 0.5) is 0 Å². The molecule has 1 aliphatic rings. The largest absolute Gasteiger partial charge is 0.478 e. The average molecular weight is 260 g/mol. The van der Waals surface area contributed by atoms with Gasteiger partial charge in [0.25, 0.3) is 0 Å². The maximum atomic E-state index is 8.58. The van der Waals surface area contributed by atoms with Gasteiger partial charge in [-0.15, -0.1) is 0 Å². The minimum atomic E-state index is 0.0863. The summed E-state index contributed by atoms with van der Waals surface area (Å²) in [5.74, 6) is 1.37. The van der Waals surface area contributed by atoms with Gasteiger partial charge in [-0.1, -0.05) is 18.2 Å². The van der Waals surface area contributed by atoms with E-state index in [4.69, 9.17) is 14.7 Å². The van der Waals surface area contributed by atoms with Gasteiger partial charge in [-0.3, -0.25) is 0 Å². The Kier molecular flexibility index (Phi) is 5.20. The highest BCUT2D eigenvalue weighted by Gasteiger charge is 2.21. The second-order valence-corrected chi connectivity index (χ2v) is 4.85. The Hall–Kier alpha value is -1.57. The molecular weight excluding hydrogens is 240 g/mol. The van der Waals surface area contributed by atoms with Crippen LogP contribution in [0.15, 0.2) is 24.3 Å². The average Bonchev–Trinajstić information content (AvgIpc) is 2.97. The summed E-state index contributed by atoms with van der Waals surface area (Å²) in [6, 6.07) is 10.2. The molecule has 1 aromatic rings. The molecule has 0 spiro atoms.